The summed E-state index contributed by atoms with van der Waals surface area (Å²) in [5.41, 5.74) is 0.549. The molecule has 0 bridgehead atoms. The van der Waals surface area contributed by atoms with Crippen molar-refractivity contribution in [2.24, 2.45) is 0 Å². The number of likely N-dealkylation sites (tertiary alicyclic amines) is 1. The number of rotatable bonds is 9. The zero-order chi connectivity index (χ0) is 28.5. The molecule has 1 saturated heterocycles. The predicted molar refractivity (Wildman–Crippen MR) is 139 cm³/mol. The first-order valence-corrected chi connectivity index (χ1v) is 12.5. The fourth-order valence-corrected chi connectivity index (χ4v) is 4.18. The number of nitrogens with zero attached hydrogens (tertiary/aromatic N) is 1. The largest absolute Gasteiger partial charge is 0.445 e. The molecule has 2 unspecified atom stereocenters. The lowest BCUT2D eigenvalue weighted by molar-refractivity contribution is -0.137. The Morgan fingerprint density at radius 2 is 1.50 bits per heavy atom. The molecule has 1 fully saturated rings. The number of halogens is 3. The minimum absolute atomic E-state index is 0.0876. The molecule has 2 N–H and O–H groups in total. The number of hydrogen-bond donors (Lipinski definition) is 2. The van der Waals surface area contributed by atoms with E-state index in [1.165, 1.54) is 11.0 Å². The van der Waals surface area contributed by atoms with E-state index in [9.17, 15) is 27.6 Å². The van der Waals surface area contributed by atoms with Gasteiger partial charge in [-0.25, -0.2) is 4.79 Å². The number of benzene rings is 3. The Morgan fingerprint density at radius 1 is 0.850 bits per heavy atom. The Balaban J connectivity index is 1.34. The van der Waals surface area contributed by atoms with Crippen molar-refractivity contribution in [2.75, 3.05) is 19.6 Å². The molecule has 3 amide bonds. The van der Waals surface area contributed by atoms with Crippen LogP contribution in [-0.2, 0) is 33.7 Å². The van der Waals surface area contributed by atoms with Crippen LogP contribution in [0.5, 0.6) is 0 Å². The molecule has 0 radical (unpaired) electrons. The van der Waals surface area contributed by atoms with Gasteiger partial charge in [0.05, 0.1) is 37.4 Å². The van der Waals surface area contributed by atoms with Gasteiger partial charge in [-0.1, -0.05) is 66.7 Å². The molecule has 1 aliphatic rings. The standard InChI is InChI=1S/C29H28F3N3O5/c30-29(31,32)23-13-7-12-22(14-23)27(37)33-15-26(36)34-24-16-35(28(38)40-19-21-10-5-2-6-11-21)17-25(24)39-18-20-8-3-1-4-9-20/h1-14,24-25H,15-19H2,(H,33,37)(H,34,36). The molecule has 3 aromatic carbocycles. The van der Waals surface area contributed by atoms with Crippen LogP contribution in [0.3, 0.4) is 0 Å². The molecule has 0 spiro atoms. The van der Waals surface area contributed by atoms with Crippen LogP contribution in [-0.4, -0.2) is 54.6 Å². The maximum absolute atomic E-state index is 13.0. The molecular formula is C29H28F3N3O5. The first kappa shape index (κ1) is 28.6. The number of hydrogen-bond acceptors (Lipinski definition) is 5. The van der Waals surface area contributed by atoms with Gasteiger partial charge in [-0.3, -0.25) is 9.59 Å². The zero-order valence-electron chi connectivity index (χ0n) is 21.4. The molecule has 8 nitrogen and oxygen atoms in total. The van der Waals surface area contributed by atoms with E-state index in [1.54, 1.807) is 0 Å². The van der Waals surface area contributed by atoms with Gasteiger partial charge in [0, 0.05) is 12.1 Å². The van der Waals surface area contributed by atoms with E-state index < -0.39 is 48.3 Å². The highest BCUT2D eigenvalue weighted by Crippen LogP contribution is 2.29. The Hall–Kier alpha value is -4.38. The van der Waals surface area contributed by atoms with Gasteiger partial charge in [-0.15, -0.1) is 0 Å². The van der Waals surface area contributed by atoms with Gasteiger partial charge in [0.25, 0.3) is 5.91 Å². The lowest BCUT2D eigenvalue weighted by atomic mass is 10.1. The second-order valence-electron chi connectivity index (χ2n) is 9.22. The van der Waals surface area contributed by atoms with Gasteiger partial charge in [0.2, 0.25) is 5.91 Å². The molecule has 0 saturated carbocycles. The van der Waals surface area contributed by atoms with Crippen LogP contribution in [0, 0.1) is 0 Å². The van der Waals surface area contributed by atoms with Crippen molar-refractivity contribution in [1.82, 2.24) is 15.5 Å². The highest BCUT2D eigenvalue weighted by Gasteiger charge is 2.38. The van der Waals surface area contributed by atoms with Crippen LogP contribution in [0.25, 0.3) is 0 Å². The molecule has 210 valence electrons. The van der Waals surface area contributed by atoms with Crippen LogP contribution < -0.4 is 10.6 Å². The lowest BCUT2D eigenvalue weighted by Gasteiger charge is -2.20. The van der Waals surface area contributed by atoms with Crippen LogP contribution in [0.4, 0.5) is 18.0 Å². The van der Waals surface area contributed by atoms with Crippen LogP contribution in [0.15, 0.2) is 84.9 Å². The summed E-state index contributed by atoms with van der Waals surface area (Å²) in [4.78, 5) is 39.2. The number of amides is 3. The molecule has 1 aliphatic heterocycles. The van der Waals surface area contributed by atoms with Crippen molar-refractivity contribution >= 4 is 17.9 Å². The second kappa shape index (κ2) is 13.1. The summed E-state index contributed by atoms with van der Waals surface area (Å²) in [5.74, 6) is -1.41. The van der Waals surface area contributed by atoms with E-state index >= 15 is 0 Å². The summed E-state index contributed by atoms with van der Waals surface area (Å²) >= 11 is 0. The number of alkyl halides is 3. The van der Waals surface area contributed by atoms with Crippen LogP contribution in [0.2, 0.25) is 0 Å². The van der Waals surface area contributed by atoms with Crippen LogP contribution in [0.1, 0.15) is 27.0 Å². The van der Waals surface area contributed by atoms with Gasteiger partial charge in [0.1, 0.15) is 6.61 Å². The number of ether oxygens (including phenoxy) is 2. The summed E-state index contributed by atoms with van der Waals surface area (Å²) in [6.45, 7) is 0.138. The van der Waals surface area contributed by atoms with Gasteiger partial charge in [-0.05, 0) is 29.3 Å². The highest BCUT2D eigenvalue weighted by molar-refractivity contribution is 5.96. The fraction of sp³-hybridized carbons (Fsp3) is 0.276. The third kappa shape index (κ3) is 8.06. The summed E-state index contributed by atoms with van der Waals surface area (Å²) in [6.07, 6.45) is -5.72. The maximum atomic E-state index is 13.0. The molecule has 4 rings (SSSR count). The SMILES string of the molecule is O=C(CNC(=O)c1cccc(C(F)(F)F)c1)NC1CN(C(=O)OCc2ccccc2)CC1OCc1ccccc1. The van der Waals surface area contributed by atoms with Gasteiger partial charge < -0.3 is 25.0 Å². The average molecular weight is 556 g/mol. The second-order valence-corrected chi connectivity index (χ2v) is 9.22. The quantitative estimate of drug-likeness (QED) is 0.414. The van der Waals surface area contributed by atoms with E-state index in [0.717, 1.165) is 29.3 Å². The summed E-state index contributed by atoms with van der Waals surface area (Å²) in [7, 11) is 0. The van der Waals surface area contributed by atoms with Gasteiger partial charge >= 0.3 is 12.3 Å². The van der Waals surface area contributed by atoms with E-state index in [2.05, 4.69) is 10.6 Å². The van der Waals surface area contributed by atoms with E-state index in [0.29, 0.717) is 0 Å². The number of nitrogens with one attached hydrogen (secondary N) is 2. The number of carbonyl (C=O) groups is 3. The Kier molecular flexibility index (Phi) is 9.39. The van der Waals surface area contributed by atoms with Crippen molar-refractivity contribution in [2.45, 2.75) is 31.5 Å². The van der Waals surface area contributed by atoms with Crippen molar-refractivity contribution in [1.29, 1.82) is 0 Å². The van der Waals surface area contributed by atoms with Crippen LogP contribution >= 0.6 is 0 Å². The maximum Gasteiger partial charge on any atom is 0.416 e. The van der Waals surface area contributed by atoms with E-state index in [4.69, 9.17) is 9.47 Å². The first-order valence-electron chi connectivity index (χ1n) is 12.5. The minimum Gasteiger partial charge on any atom is -0.445 e. The predicted octanol–water partition coefficient (Wildman–Crippen LogP) is 4.16. The van der Waals surface area contributed by atoms with E-state index in [1.807, 2.05) is 60.7 Å². The third-order valence-corrected chi connectivity index (χ3v) is 6.24. The van der Waals surface area contributed by atoms with Gasteiger partial charge in [-0.2, -0.15) is 13.2 Å². The zero-order valence-corrected chi connectivity index (χ0v) is 21.4. The molecule has 3 aromatic rings. The lowest BCUT2D eigenvalue weighted by Crippen LogP contribution is -2.47. The molecule has 0 aliphatic carbocycles. The fourth-order valence-electron chi connectivity index (χ4n) is 4.18. The monoisotopic (exact) mass is 555 g/mol. The Labute approximate surface area is 229 Å². The molecule has 2 atom stereocenters. The van der Waals surface area contributed by atoms with Crippen molar-refractivity contribution in [3.05, 3.63) is 107 Å². The van der Waals surface area contributed by atoms with Gasteiger partial charge in [0.15, 0.2) is 0 Å². The Bertz CT molecular complexity index is 1310. The van der Waals surface area contributed by atoms with Crippen molar-refractivity contribution in [3.63, 3.8) is 0 Å². The summed E-state index contributed by atoms with van der Waals surface area (Å²) in [5, 5.41) is 5.09. The number of carbonyl (C=O) groups excluding carboxylic acids is 3. The summed E-state index contributed by atoms with van der Waals surface area (Å²) in [6, 6.07) is 21.9. The molecule has 1 heterocycles. The topological polar surface area (TPSA) is 97.0 Å². The highest BCUT2D eigenvalue weighted by atomic mass is 19.4. The smallest absolute Gasteiger partial charge is 0.416 e. The molecular weight excluding hydrogens is 527 g/mol. The average Bonchev–Trinajstić information content (AvgIpc) is 3.36. The van der Waals surface area contributed by atoms with Crippen molar-refractivity contribution in [3.8, 4) is 0 Å². The normalized spacial score (nSPS) is 16.8. The molecule has 40 heavy (non-hydrogen) atoms. The third-order valence-electron chi connectivity index (χ3n) is 6.24. The molecule has 11 heteroatoms. The first-order chi connectivity index (χ1) is 19.2. The molecule has 0 aromatic heterocycles. The Morgan fingerprint density at radius 3 is 2.15 bits per heavy atom. The minimum atomic E-state index is -4.60. The summed E-state index contributed by atoms with van der Waals surface area (Å²) < 4.78 is 50.3. The van der Waals surface area contributed by atoms with E-state index in [-0.39, 0.29) is 31.9 Å². The van der Waals surface area contributed by atoms with Crippen molar-refractivity contribution < 1.29 is 37.0 Å².